The van der Waals surface area contributed by atoms with Crippen LogP contribution < -0.4 is 5.32 Å². The zero-order valence-electron chi connectivity index (χ0n) is 12.5. The highest BCUT2D eigenvalue weighted by atomic mass is 16.2. The molecule has 2 fully saturated rings. The summed E-state index contributed by atoms with van der Waals surface area (Å²) in [6, 6.07) is 0. The normalized spacial score (nSPS) is 34.4. The molecule has 1 saturated carbocycles. The number of amides is 1. The van der Waals surface area contributed by atoms with Gasteiger partial charge in [0.1, 0.15) is 0 Å². The molecule has 1 aliphatic heterocycles. The van der Waals surface area contributed by atoms with Gasteiger partial charge < -0.3 is 4.90 Å². The van der Waals surface area contributed by atoms with Gasteiger partial charge in [-0.15, -0.1) is 0 Å². The summed E-state index contributed by atoms with van der Waals surface area (Å²) in [5.41, 5.74) is 0.0855. The summed E-state index contributed by atoms with van der Waals surface area (Å²) in [6.45, 7) is 11.8. The Morgan fingerprint density at radius 2 is 1.94 bits per heavy atom. The van der Waals surface area contributed by atoms with Gasteiger partial charge in [-0.2, -0.15) is 0 Å². The predicted octanol–water partition coefficient (Wildman–Crippen LogP) is 2.76. The van der Waals surface area contributed by atoms with Gasteiger partial charge in [0.25, 0.3) is 0 Å². The van der Waals surface area contributed by atoms with Gasteiger partial charge >= 0.3 is 0 Å². The van der Waals surface area contributed by atoms with Crippen LogP contribution in [0.1, 0.15) is 60.3 Å². The van der Waals surface area contributed by atoms with E-state index in [1.165, 1.54) is 19.3 Å². The van der Waals surface area contributed by atoms with Crippen molar-refractivity contribution in [3.63, 3.8) is 0 Å². The number of carbonyl (C=O) groups excluding carboxylic acids is 1. The minimum atomic E-state index is -0.348. The van der Waals surface area contributed by atoms with Crippen molar-refractivity contribution in [3.8, 4) is 0 Å². The largest absolute Gasteiger partial charge is 0.325 e. The molecule has 0 aromatic rings. The van der Waals surface area contributed by atoms with Gasteiger partial charge in [-0.25, -0.2) is 0 Å². The first-order valence-electron chi connectivity index (χ1n) is 7.46. The van der Waals surface area contributed by atoms with E-state index in [0.29, 0.717) is 17.2 Å². The molecule has 2 unspecified atom stereocenters. The number of hydrogen-bond donors (Lipinski definition) is 1. The highest BCUT2D eigenvalue weighted by Crippen LogP contribution is 2.50. The van der Waals surface area contributed by atoms with Crippen LogP contribution >= 0.6 is 0 Å². The summed E-state index contributed by atoms with van der Waals surface area (Å²) in [5.74, 6) is 0.776. The van der Waals surface area contributed by atoms with Crippen molar-refractivity contribution in [2.75, 3.05) is 6.54 Å². The smallest absolute Gasteiger partial charge is 0.243 e. The zero-order chi connectivity index (χ0) is 13.6. The Morgan fingerprint density at radius 3 is 2.33 bits per heavy atom. The van der Waals surface area contributed by atoms with Crippen LogP contribution in [0.2, 0.25) is 0 Å². The van der Waals surface area contributed by atoms with Crippen LogP contribution in [-0.4, -0.2) is 29.1 Å². The van der Waals surface area contributed by atoms with Gasteiger partial charge in [0.05, 0.1) is 11.7 Å². The Bertz CT molecular complexity index is 335. The van der Waals surface area contributed by atoms with E-state index >= 15 is 0 Å². The summed E-state index contributed by atoms with van der Waals surface area (Å²) in [4.78, 5) is 14.8. The van der Waals surface area contributed by atoms with Gasteiger partial charge in [-0.3, -0.25) is 10.1 Å². The third-order valence-electron chi connectivity index (χ3n) is 5.09. The average molecular weight is 252 g/mol. The van der Waals surface area contributed by atoms with Crippen LogP contribution in [0.5, 0.6) is 0 Å². The van der Waals surface area contributed by atoms with Gasteiger partial charge in [-0.1, -0.05) is 27.7 Å². The van der Waals surface area contributed by atoms with E-state index in [0.717, 1.165) is 13.0 Å². The highest BCUT2D eigenvalue weighted by molar-refractivity contribution is 5.88. The van der Waals surface area contributed by atoms with E-state index in [-0.39, 0.29) is 11.7 Å². The Hall–Kier alpha value is -0.570. The molecule has 18 heavy (non-hydrogen) atoms. The van der Waals surface area contributed by atoms with Crippen molar-refractivity contribution in [3.05, 3.63) is 0 Å². The maximum atomic E-state index is 12.7. The van der Waals surface area contributed by atoms with Crippen molar-refractivity contribution in [1.29, 1.82) is 0 Å². The van der Waals surface area contributed by atoms with Crippen molar-refractivity contribution >= 4 is 5.91 Å². The van der Waals surface area contributed by atoms with Gasteiger partial charge in [-0.05, 0) is 43.9 Å². The summed E-state index contributed by atoms with van der Waals surface area (Å²) < 4.78 is 0. The maximum Gasteiger partial charge on any atom is 0.243 e. The molecule has 2 rings (SSSR count). The molecule has 3 heteroatoms. The highest BCUT2D eigenvalue weighted by Gasteiger charge is 2.52. The lowest BCUT2D eigenvalue weighted by molar-refractivity contribution is -0.134. The Morgan fingerprint density at radius 1 is 1.33 bits per heavy atom. The predicted molar refractivity (Wildman–Crippen MR) is 74.1 cm³/mol. The number of carbonyl (C=O) groups is 1. The van der Waals surface area contributed by atoms with Crippen molar-refractivity contribution in [2.24, 2.45) is 11.3 Å². The number of hydrogen-bond acceptors (Lipinski definition) is 2. The standard InChI is InChI=1S/C15H28N2O/c1-6-14(5)13(18)17(12(16-14)11(3)4)10-15(7-2)8-9-15/h11-12,16H,6-10H2,1-5H3. The lowest BCUT2D eigenvalue weighted by Crippen LogP contribution is -2.45. The lowest BCUT2D eigenvalue weighted by Gasteiger charge is -2.30. The molecule has 0 aromatic heterocycles. The van der Waals surface area contributed by atoms with Gasteiger partial charge in [0.2, 0.25) is 5.91 Å². The summed E-state index contributed by atoms with van der Waals surface area (Å²) in [7, 11) is 0. The first-order chi connectivity index (χ1) is 8.37. The molecule has 2 atom stereocenters. The van der Waals surface area contributed by atoms with E-state index in [4.69, 9.17) is 0 Å². The van der Waals surface area contributed by atoms with Gasteiger partial charge in [0, 0.05) is 6.54 Å². The SMILES string of the molecule is CCC1(CN2C(=O)C(C)(CC)NC2C(C)C)CC1. The quantitative estimate of drug-likeness (QED) is 0.816. The second-order valence-electron chi connectivity index (χ2n) is 6.81. The molecular formula is C15H28N2O. The molecule has 1 amide bonds. The minimum absolute atomic E-state index is 0.214. The van der Waals surface area contributed by atoms with E-state index in [2.05, 4.69) is 44.8 Å². The fraction of sp³-hybridized carbons (Fsp3) is 0.933. The first kappa shape index (κ1) is 13.9. The Kier molecular flexibility index (Phi) is 3.48. The van der Waals surface area contributed by atoms with Crippen molar-refractivity contribution in [2.45, 2.75) is 72.0 Å². The van der Waals surface area contributed by atoms with Gasteiger partial charge in [0.15, 0.2) is 0 Å². The molecule has 0 aromatic carbocycles. The first-order valence-corrected chi connectivity index (χ1v) is 7.46. The summed E-state index contributed by atoms with van der Waals surface area (Å²) in [5, 5.41) is 3.57. The van der Waals surface area contributed by atoms with Crippen LogP contribution in [0, 0.1) is 11.3 Å². The average Bonchev–Trinajstić information content (AvgIpc) is 3.07. The van der Waals surface area contributed by atoms with E-state index in [1.807, 2.05) is 0 Å². The zero-order valence-corrected chi connectivity index (χ0v) is 12.5. The monoisotopic (exact) mass is 252 g/mol. The van der Waals surface area contributed by atoms with Crippen molar-refractivity contribution < 1.29 is 4.79 Å². The molecule has 0 spiro atoms. The van der Waals surface area contributed by atoms with Crippen LogP contribution in [0.25, 0.3) is 0 Å². The number of nitrogens with zero attached hydrogens (tertiary/aromatic N) is 1. The molecule has 1 heterocycles. The number of rotatable bonds is 5. The van der Waals surface area contributed by atoms with Crippen LogP contribution in [0.4, 0.5) is 0 Å². The molecule has 2 aliphatic rings. The van der Waals surface area contributed by atoms with Crippen LogP contribution in [0.3, 0.4) is 0 Å². The molecule has 1 aliphatic carbocycles. The lowest BCUT2D eigenvalue weighted by atomic mass is 9.98. The summed E-state index contributed by atoms with van der Waals surface area (Å²) in [6.07, 6.45) is 4.86. The fourth-order valence-electron chi connectivity index (χ4n) is 3.02. The third kappa shape index (κ3) is 2.18. The number of nitrogens with one attached hydrogen (secondary N) is 1. The maximum absolute atomic E-state index is 12.7. The molecular weight excluding hydrogens is 224 g/mol. The third-order valence-corrected chi connectivity index (χ3v) is 5.09. The molecule has 0 radical (unpaired) electrons. The minimum Gasteiger partial charge on any atom is -0.325 e. The fourth-order valence-corrected chi connectivity index (χ4v) is 3.02. The molecule has 0 bridgehead atoms. The Balaban J connectivity index is 2.17. The summed E-state index contributed by atoms with van der Waals surface area (Å²) >= 11 is 0. The van der Waals surface area contributed by atoms with Crippen LogP contribution in [0.15, 0.2) is 0 Å². The van der Waals surface area contributed by atoms with E-state index in [1.54, 1.807) is 0 Å². The second-order valence-corrected chi connectivity index (χ2v) is 6.81. The molecule has 3 nitrogen and oxygen atoms in total. The van der Waals surface area contributed by atoms with Crippen LogP contribution in [-0.2, 0) is 4.79 Å². The van der Waals surface area contributed by atoms with E-state index < -0.39 is 0 Å². The second kappa shape index (κ2) is 4.52. The molecule has 1 N–H and O–H groups in total. The van der Waals surface area contributed by atoms with E-state index in [9.17, 15) is 4.79 Å². The molecule has 1 saturated heterocycles. The Labute approximate surface area is 111 Å². The topological polar surface area (TPSA) is 32.3 Å². The van der Waals surface area contributed by atoms with Crippen molar-refractivity contribution in [1.82, 2.24) is 10.2 Å². The molecule has 104 valence electrons.